The number of aliphatic hydroxyl groups is 3. The molecule has 0 aliphatic carbocycles. The predicted molar refractivity (Wildman–Crippen MR) is 122 cm³/mol. The van der Waals surface area contributed by atoms with E-state index >= 15 is 0 Å². The average Bonchev–Trinajstić information content (AvgIpc) is 2.83. The fourth-order valence-corrected chi connectivity index (χ4v) is 3.77. The van der Waals surface area contributed by atoms with E-state index in [-0.39, 0.29) is 45.5 Å². The Bertz CT molecular complexity index is 1280. The molecule has 2 aromatic carbocycles. The van der Waals surface area contributed by atoms with Gasteiger partial charge in [0.15, 0.2) is 11.5 Å². The van der Waals surface area contributed by atoms with Gasteiger partial charge in [-0.1, -0.05) is 0 Å². The number of aliphatic hydroxyl groups excluding tert-OH is 3. The van der Waals surface area contributed by atoms with Crippen LogP contribution in [0.5, 0.6) is 28.7 Å². The first-order valence-corrected chi connectivity index (χ1v) is 10.8. The Morgan fingerprint density at radius 1 is 0.972 bits per heavy atom. The summed E-state index contributed by atoms with van der Waals surface area (Å²) in [5.41, 5.74) is 0.418. The van der Waals surface area contributed by atoms with Crippen LogP contribution >= 0.6 is 0 Å². The molecule has 0 amide bonds. The normalized spacial score (nSPS) is 23.9. The number of fused-ring (bicyclic) bond motifs is 1. The Balaban J connectivity index is 1.79. The molecule has 4 rings (SSSR count). The van der Waals surface area contributed by atoms with Crippen LogP contribution in [0.2, 0.25) is 0 Å². The van der Waals surface area contributed by atoms with Crippen molar-refractivity contribution < 1.29 is 58.8 Å². The Morgan fingerprint density at radius 3 is 2.42 bits per heavy atom. The molecule has 12 nitrogen and oxygen atoms in total. The second-order valence-corrected chi connectivity index (χ2v) is 8.14. The van der Waals surface area contributed by atoms with Crippen LogP contribution in [0.1, 0.15) is 6.92 Å². The number of hydrogen-bond donors (Lipinski definition) is 6. The van der Waals surface area contributed by atoms with Crippen molar-refractivity contribution in [3.63, 3.8) is 0 Å². The topological polar surface area (TPSA) is 187 Å². The number of phenols is 3. The molecule has 1 saturated heterocycles. The van der Waals surface area contributed by atoms with E-state index in [4.69, 9.17) is 23.4 Å². The van der Waals surface area contributed by atoms with Gasteiger partial charge in [-0.3, -0.25) is 4.79 Å². The van der Waals surface area contributed by atoms with Gasteiger partial charge in [0.1, 0.15) is 47.9 Å². The standard InChI is InChI=1S/C24H24O12/c1-10(25)33-9-19-20(29)21(30)22(31)24(36-19)35-18-8-13-15(28)6-12(26)7-16(13)34-23(18)11-3-4-14(27)17(5-11)32-2/h3-8,19-22,24,29-31H,9H2,1-2H3,(H2-,26,27,28)/p+1/t19-,20+,21+,22-,24?/m1/s1. The first kappa shape index (κ1) is 25.3. The Hall–Kier alpha value is -3.84. The van der Waals surface area contributed by atoms with Crippen LogP contribution < -0.4 is 9.47 Å². The second-order valence-electron chi connectivity index (χ2n) is 8.14. The van der Waals surface area contributed by atoms with Crippen molar-refractivity contribution in [2.75, 3.05) is 13.7 Å². The van der Waals surface area contributed by atoms with Gasteiger partial charge in [-0.25, -0.2) is 4.42 Å². The van der Waals surface area contributed by atoms with E-state index in [9.17, 15) is 35.4 Å². The molecule has 36 heavy (non-hydrogen) atoms. The van der Waals surface area contributed by atoms with E-state index in [0.29, 0.717) is 5.56 Å². The maximum Gasteiger partial charge on any atom is 0.402 e. The molecule has 12 heteroatoms. The van der Waals surface area contributed by atoms with E-state index in [1.165, 1.54) is 37.4 Å². The lowest BCUT2D eigenvalue weighted by Crippen LogP contribution is -2.60. The lowest BCUT2D eigenvalue weighted by Gasteiger charge is -2.39. The number of aromatic hydroxyl groups is 3. The maximum absolute atomic E-state index is 11.2. The zero-order chi connectivity index (χ0) is 26.1. The molecule has 3 aromatic rings. The molecule has 1 unspecified atom stereocenters. The molecule has 0 saturated carbocycles. The number of ether oxygens (including phenoxy) is 4. The molecule has 0 spiro atoms. The quantitative estimate of drug-likeness (QED) is 0.208. The fraction of sp³-hybridized carbons (Fsp3) is 0.333. The third-order valence-corrected chi connectivity index (χ3v) is 5.62. The summed E-state index contributed by atoms with van der Waals surface area (Å²) in [6.45, 7) is 0.748. The molecule has 2 heterocycles. The van der Waals surface area contributed by atoms with E-state index in [1.54, 1.807) is 0 Å². The summed E-state index contributed by atoms with van der Waals surface area (Å²) >= 11 is 0. The SMILES string of the molecule is COc1cc(-c2[o+]c3cc(O)cc(O)c3cc2OC2O[C@H](COC(C)=O)[C@H](O)[C@H](O)[C@H]2O)ccc1O. The number of esters is 1. The number of phenolic OH excluding ortho intramolecular Hbond substituents is 3. The highest BCUT2D eigenvalue weighted by atomic mass is 16.7. The second kappa shape index (κ2) is 10.0. The molecule has 1 aliphatic rings. The highest BCUT2D eigenvalue weighted by Crippen LogP contribution is 2.42. The molecule has 0 bridgehead atoms. The lowest BCUT2D eigenvalue weighted by molar-refractivity contribution is -0.278. The summed E-state index contributed by atoms with van der Waals surface area (Å²) < 4.78 is 27.4. The molecule has 1 aliphatic heterocycles. The average molecular weight is 505 g/mol. The first-order chi connectivity index (χ1) is 17.1. The van der Waals surface area contributed by atoms with E-state index in [1.807, 2.05) is 0 Å². The molecule has 6 N–H and O–H groups in total. The van der Waals surface area contributed by atoms with Gasteiger partial charge in [0, 0.05) is 25.1 Å². The third kappa shape index (κ3) is 4.93. The van der Waals surface area contributed by atoms with Crippen molar-refractivity contribution >= 4 is 16.9 Å². The summed E-state index contributed by atoms with van der Waals surface area (Å²) in [7, 11) is 1.35. The Labute approximate surface area is 204 Å². The van der Waals surface area contributed by atoms with Crippen LogP contribution in [-0.2, 0) is 14.3 Å². The van der Waals surface area contributed by atoms with Gasteiger partial charge in [-0.15, -0.1) is 0 Å². The van der Waals surface area contributed by atoms with E-state index < -0.39 is 43.3 Å². The minimum absolute atomic E-state index is 0.0266. The van der Waals surface area contributed by atoms with Crippen LogP contribution in [0.25, 0.3) is 22.3 Å². The van der Waals surface area contributed by atoms with E-state index in [0.717, 1.165) is 13.0 Å². The predicted octanol–water partition coefficient (Wildman–Crippen LogP) is 1.26. The molecular formula is C24H25O12+. The van der Waals surface area contributed by atoms with Gasteiger partial charge < -0.3 is 49.6 Å². The van der Waals surface area contributed by atoms with Crippen LogP contribution in [0, 0.1) is 0 Å². The van der Waals surface area contributed by atoms with Gasteiger partial charge in [-0.2, -0.15) is 0 Å². The summed E-state index contributed by atoms with van der Waals surface area (Å²) in [5, 5.41) is 61.4. The highest BCUT2D eigenvalue weighted by Gasteiger charge is 2.46. The minimum Gasteiger partial charge on any atom is -0.507 e. The zero-order valence-electron chi connectivity index (χ0n) is 19.2. The highest BCUT2D eigenvalue weighted by molar-refractivity contribution is 5.88. The number of rotatable bonds is 6. The number of hydrogen-bond acceptors (Lipinski definition) is 11. The molecule has 5 atom stereocenters. The van der Waals surface area contributed by atoms with Crippen LogP contribution in [0.3, 0.4) is 0 Å². The van der Waals surface area contributed by atoms with Crippen molar-refractivity contribution in [2.24, 2.45) is 0 Å². The first-order valence-electron chi connectivity index (χ1n) is 10.8. The van der Waals surface area contributed by atoms with Crippen molar-refractivity contribution in [1.29, 1.82) is 0 Å². The van der Waals surface area contributed by atoms with Crippen molar-refractivity contribution in [3.8, 4) is 40.1 Å². The van der Waals surface area contributed by atoms with Crippen molar-refractivity contribution in [1.82, 2.24) is 0 Å². The molecule has 192 valence electrons. The molecule has 0 radical (unpaired) electrons. The van der Waals surface area contributed by atoms with E-state index in [2.05, 4.69) is 0 Å². The molecule has 1 fully saturated rings. The number of benzene rings is 2. The maximum atomic E-state index is 11.2. The number of carbonyl (C=O) groups is 1. The molecule has 1 aromatic heterocycles. The summed E-state index contributed by atoms with van der Waals surface area (Å²) in [6, 6.07) is 7.98. The zero-order valence-corrected chi connectivity index (χ0v) is 19.2. The van der Waals surface area contributed by atoms with Crippen LogP contribution in [0.15, 0.2) is 40.8 Å². The minimum atomic E-state index is -1.72. The number of carbonyl (C=O) groups excluding carboxylic acids is 1. The van der Waals surface area contributed by atoms with Crippen LogP contribution in [0.4, 0.5) is 0 Å². The smallest absolute Gasteiger partial charge is 0.402 e. The molecular weight excluding hydrogens is 480 g/mol. The largest absolute Gasteiger partial charge is 0.507 e. The monoisotopic (exact) mass is 505 g/mol. The van der Waals surface area contributed by atoms with Crippen molar-refractivity contribution in [3.05, 3.63) is 36.4 Å². The fourth-order valence-electron chi connectivity index (χ4n) is 3.77. The van der Waals surface area contributed by atoms with Gasteiger partial charge in [-0.05, 0) is 12.1 Å². The van der Waals surface area contributed by atoms with Gasteiger partial charge >= 0.3 is 17.3 Å². The lowest BCUT2D eigenvalue weighted by atomic mass is 9.99. The Kier molecular flexibility index (Phi) is 7.04. The van der Waals surface area contributed by atoms with Crippen LogP contribution in [-0.4, -0.2) is 81.0 Å². The Morgan fingerprint density at radius 2 is 1.72 bits per heavy atom. The summed E-state index contributed by atoms with van der Waals surface area (Å²) in [4.78, 5) is 11.2. The number of methoxy groups -OCH3 is 1. The summed E-state index contributed by atoms with van der Waals surface area (Å²) in [5.74, 6) is -1.31. The van der Waals surface area contributed by atoms with Gasteiger partial charge in [0.2, 0.25) is 12.0 Å². The van der Waals surface area contributed by atoms with Gasteiger partial charge in [0.05, 0.1) is 18.7 Å². The summed E-state index contributed by atoms with van der Waals surface area (Å²) in [6.07, 6.45) is -7.79. The van der Waals surface area contributed by atoms with Crippen molar-refractivity contribution in [2.45, 2.75) is 37.6 Å². The van der Waals surface area contributed by atoms with Gasteiger partial charge in [0.25, 0.3) is 0 Å². The third-order valence-electron chi connectivity index (χ3n) is 5.62.